The monoisotopic (exact) mass is 489 g/mol. The van der Waals surface area contributed by atoms with Crippen molar-refractivity contribution in [2.24, 2.45) is 0 Å². The lowest BCUT2D eigenvalue weighted by Gasteiger charge is -2.26. The summed E-state index contributed by atoms with van der Waals surface area (Å²) in [5.41, 5.74) is 1.97. The summed E-state index contributed by atoms with van der Waals surface area (Å²) >= 11 is 5.89. The van der Waals surface area contributed by atoms with Gasteiger partial charge in [0.2, 0.25) is 0 Å². The molecule has 0 spiro atoms. The average Bonchev–Trinajstić information content (AvgIpc) is 2.83. The topological polar surface area (TPSA) is 105 Å². The van der Waals surface area contributed by atoms with Crippen LogP contribution in [0.4, 0.5) is 16.2 Å². The van der Waals surface area contributed by atoms with E-state index in [1.807, 2.05) is 25.1 Å². The first-order valence-electron chi connectivity index (χ1n) is 10.6. The van der Waals surface area contributed by atoms with Crippen molar-refractivity contribution in [3.63, 3.8) is 0 Å². The maximum absolute atomic E-state index is 13.1. The molecule has 2 N–H and O–H groups in total. The van der Waals surface area contributed by atoms with E-state index in [2.05, 4.69) is 10.6 Å². The summed E-state index contributed by atoms with van der Waals surface area (Å²) in [5, 5.41) is 5.38. The van der Waals surface area contributed by atoms with Crippen molar-refractivity contribution >= 4 is 52.8 Å². The second-order valence-electron chi connectivity index (χ2n) is 7.62. The van der Waals surface area contributed by atoms with E-state index in [4.69, 9.17) is 16.3 Å². The minimum Gasteiger partial charge on any atom is -0.483 e. The quantitative estimate of drug-likeness (QED) is 0.396. The van der Waals surface area contributed by atoms with E-state index < -0.39 is 17.8 Å². The average molecular weight is 490 g/mol. The van der Waals surface area contributed by atoms with Crippen molar-refractivity contribution in [1.29, 1.82) is 0 Å². The first-order chi connectivity index (χ1) is 16.8. The summed E-state index contributed by atoms with van der Waals surface area (Å²) in [6.07, 6.45) is 1.32. The highest BCUT2D eigenvalue weighted by molar-refractivity contribution is 6.39. The number of para-hydroxylation sites is 2. The van der Waals surface area contributed by atoms with Gasteiger partial charge < -0.3 is 10.1 Å². The van der Waals surface area contributed by atoms with Gasteiger partial charge in [0, 0.05) is 16.3 Å². The number of carbonyl (C=O) groups excluding carboxylic acids is 4. The van der Waals surface area contributed by atoms with Crippen LogP contribution in [0.1, 0.15) is 11.1 Å². The Morgan fingerprint density at radius 1 is 1.00 bits per heavy atom. The summed E-state index contributed by atoms with van der Waals surface area (Å²) in [6.45, 7) is 1.59. The number of benzene rings is 3. The van der Waals surface area contributed by atoms with Crippen molar-refractivity contribution in [2.75, 3.05) is 16.8 Å². The Morgan fingerprint density at radius 2 is 1.69 bits per heavy atom. The number of ether oxygens (including phenoxy) is 1. The lowest BCUT2D eigenvalue weighted by molar-refractivity contribution is -0.122. The van der Waals surface area contributed by atoms with Crippen LogP contribution in [0.5, 0.6) is 5.75 Å². The van der Waals surface area contributed by atoms with Crippen molar-refractivity contribution < 1.29 is 23.9 Å². The van der Waals surface area contributed by atoms with Gasteiger partial charge >= 0.3 is 6.03 Å². The molecule has 0 bridgehead atoms. The summed E-state index contributed by atoms with van der Waals surface area (Å²) in [4.78, 5) is 51.2. The van der Waals surface area contributed by atoms with Crippen LogP contribution < -0.4 is 20.3 Å². The normalized spacial score (nSPS) is 14.6. The van der Waals surface area contributed by atoms with E-state index in [0.717, 1.165) is 10.5 Å². The summed E-state index contributed by atoms with van der Waals surface area (Å²) < 4.78 is 5.67. The number of halogens is 1. The predicted molar refractivity (Wildman–Crippen MR) is 132 cm³/mol. The standard InChI is InChI=1S/C26H20ClN3O5/c1-16-6-2-4-8-21(16)28-23(31)15-35-22-9-5-3-7-17(22)14-20-24(32)29-26(34)30(25(20)33)19-12-10-18(27)11-13-19/h2-14H,15H2,1H3,(H,28,31)(H,29,32,34)/b20-14-. The van der Waals surface area contributed by atoms with E-state index in [-0.39, 0.29) is 29.5 Å². The van der Waals surface area contributed by atoms with E-state index in [0.29, 0.717) is 16.3 Å². The molecule has 176 valence electrons. The number of hydrogen-bond acceptors (Lipinski definition) is 5. The Morgan fingerprint density at radius 3 is 2.43 bits per heavy atom. The minimum atomic E-state index is -0.864. The molecule has 0 aliphatic carbocycles. The van der Waals surface area contributed by atoms with Crippen molar-refractivity contribution in [2.45, 2.75) is 6.92 Å². The van der Waals surface area contributed by atoms with Crippen LogP contribution in [0.25, 0.3) is 6.08 Å². The molecule has 8 nitrogen and oxygen atoms in total. The number of nitrogens with one attached hydrogen (secondary N) is 2. The minimum absolute atomic E-state index is 0.257. The summed E-state index contributed by atoms with van der Waals surface area (Å²) in [6, 6.07) is 19.2. The molecule has 1 saturated heterocycles. The predicted octanol–water partition coefficient (Wildman–Crippen LogP) is 4.33. The fraction of sp³-hybridized carbons (Fsp3) is 0.0769. The van der Waals surface area contributed by atoms with Gasteiger partial charge in [0.1, 0.15) is 11.3 Å². The van der Waals surface area contributed by atoms with Crippen LogP contribution in [0, 0.1) is 6.92 Å². The summed E-state index contributed by atoms with van der Waals surface area (Å²) in [5.74, 6) is -1.71. The largest absolute Gasteiger partial charge is 0.483 e. The van der Waals surface area contributed by atoms with Gasteiger partial charge in [-0.15, -0.1) is 0 Å². The number of nitrogens with zero attached hydrogens (tertiary/aromatic N) is 1. The molecule has 35 heavy (non-hydrogen) atoms. The third-order valence-electron chi connectivity index (χ3n) is 5.18. The number of amides is 5. The Hall–Kier alpha value is -4.43. The molecular weight excluding hydrogens is 470 g/mol. The molecule has 4 rings (SSSR count). The molecule has 1 heterocycles. The fourth-order valence-corrected chi connectivity index (χ4v) is 3.54. The molecule has 1 fully saturated rings. The van der Waals surface area contributed by atoms with Gasteiger partial charge in [0.25, 0.3) is 17.7 Å². The molecule has 5 amide bonds. The second kappa shape index (κ2) is 10.2. The molecule has 1 aliphatic rings. The van der Waals surface area contributed by atoms with Crippen molar-refractivity contribution in [1.82, 2.24) is 5.32 Å². The molecule has 0 unspecified atom stereocenters. The first-order valence-corrected chi connectivity index (χ1v) is 11.0. The molecular formula is C26H20ClN3O5. The van der Waals surface area contributed by atoms with Crippen LogP contribution in [-0.4, -0.2) is 30.4 Å². The molecule has 0 saturated carbocycles. The van der Waals surface area contributed by atoms with Gasteiger partial charge in [0.05, 0.1) is 5.69 Å². The Balaban J connectivity index is 1.55. The lowest BCUT2D eigenvalue weighted by Crippen LogP contribution is -2.54. The number of carbonyl (C=O) groups is 4. The third kappa shape index (κ3) is 5.39. The fourth-order valence-electron chi connectivity index (χ4n) is 3.41. The van der Waals surface area contributed by atoms with Gasteiger partial charge in [-0.1, -0.05) is 48.0 Å². The number of anilines is 2. The van der Waals surface area contributed by atoms with Crippen LogP contribution in [0.3, 0.4) is 0 Å². The molecule has 9 heteroatoms. The SMILES string of the molecule is Cc1ccccc1NC(=O)COc1ccccc1/C=C1/C(=O)NC(=O)N(c2ccc(Cl)cc2)C1=O. The van der Waals surface area contributed by atoms with Crippen LogP contribution >= 0.6 is 11.6 Å². The Bertz CT molecular complexity index is 1350. The molecule has 3 aromatic carbocycles. The van der Waals surface area contributed by atoms with Crippen molar-refractivity contribution in [3.8, 4) is 5.75 Å². The lowest BCUT2D eigenvalue weighted by atomic mass is 10.1. The highest BCUT2D eigenvalue weighted by Gasteiger charge is 2.37. The number of urea groups is 1. The number of rotatable bonds is 6. The highest BCUT2D eigenvalue weighted by atomic mass is 35.5. The van der Waals surface area contributed by atoms with E-state index >= 15 is 0 Å². The first kappa shape index (κ1) is 23.7. The van der Waals surface area contributed by atoms with Gasteiger partial charge in [-0.25, -0.2) is 9.69 Å². The zero-order valence-corrected chi connectivity index (χ0v) is 19.3. The number of aryl methyl sites for hydroxylation is 1. The summed E-state index contributed by atoms with van der Waals surface area (Å²) in [7, 11) is 0. The molecule has 1 aliphatic heterocycles. The van der Waals surface area contributed by atoms with E-state index in [9.17, 15) is 19.2 Å². The van der Waals surface area contributed by atoms with Crippen molar-refractivity contribution in [3.05, 3.63) is 94.5 Å². The maximum Gasteiger partial charge on any atom is 0.335 e. The third-order valence-corrected chi connectivity index (χ3v) is 5.44. The van der Waals surface area contributed by atoms with E-state index in [1.165, 1.54) is 30.3 Å². The van der Waals surface area contributed by atoms with Gasteiger partial charge in [-0.05, 0) is 55.0 Å². The number of hydrogen-bond donors (Lipinski definition) is 2. The Labute approximate surface area is 206 Å². The van der Waals surface area contributed by atoms with Crippen LogP contribution in [0.15, 0.2) is 78.4 Å². The smallest absolute Gasteiger partial charge is 0.335 e. The molecule has 0 atom stereocenters. The molecule has 0 radical (unpaired) electrons. The molecule has 3 aromatic rings. The van der Waals surface area contributed by atoms with Gasteiger partial charge in [-0.2, -0.15) is 0 Å². The van der Waals surface area contributed by atoms with Gasteiger partial charge in [-0.3, -0.25) is 19.7 Å². The zero-order valence-electron chi connectivity index (χ0n) is 18.6. The maximum atomic E-state index is 13.1. The van der Waals surface area contributed by atoms with Gasteiger partial charge in [0.15, 0.2) is 6.61 Å². The zero-order chi connectivity index (χ0) is 24.9. The number of barbiturate groups is 1. The molecule has 0 aromatic heterocycles. The van der Waals surface area contributed by atoms with E-state index in [1.54, 1.807) is 30.3 Å². The highest BCUT2D eigenvalue weighted by Crippen LogP contribution is 2.26. The van der Waals surface area contributed by atoms with Crippen LogP contribution in [-0.2, 0) is 14.4 Å². The number of imide groups is 2. The second-order valence-corrected chi connectivity index (χ2v) is 8.06. The van der Waals surface area contributed by atoms with Crippen LogP contribution in [0.2, 0.25) is 5.02 Å². The Kier molecular flexibility index (Phi) is 6.93.